The van der Waals surface area contributed by atoms with Crippen molar-refractivity contribution in [3.63, 3.8) is 0 Å². The molecule has 0 saturated carbocycles. The Morgan fingerprint density at radius 1 is 1.17 bits per heavy atom. The zero-order chi connectivity index (χ0) is 17.4. The van der Waals surface area contributed by atoms with E-state index in [-0.39, 0.29) is 17.1 Å². The summed E-state index contributed by atoms with van der Waals surface area (Å²) in [6.45, 7) is 0. The lowest BCUT2D eigenvalue weighted by Crippen LogP contribution is -2.25. The molecule has 0 atom stereocenters. The Morgan fingerprint density at radius 3 is 2.58 bits per heavy atom. The van der Waals surface area contributed by atoms with Gasteiger partial charge in [0.1, 0.15) is 11.5 Å². The van der Waals surface area contributed by atoms with Gasteiger partial charge in [-0.2, -0.15) is 0 Å². The lowest BCUT2D eigenvalue weighted by atomic mass is 10.1. The van der Waals surface area contributed by atoms with Crippen LogP contribution in [0.4, 0.5) is 4.79 Å². The van der Waals surface area contributed by atoms with E-state index in [1.165, 1.54) is 18.1 Å². The third kappa shape index (κ3) is 2.40. The van der Waals surface area contributed by atoms with Crippen LogP contribution < -0.4 is 4.74 Å². The van der Waals surface area contributed by atoms with E-state index in [0.717, 1.165) is 0 Å². The molecule has 0 unspecified atom stereocenters. The molecule has 2 aromatic heterocycles. The summed E-state index contributed by atoms with van der Waals surface area (Å²) in [6, 6.07) is 8.22. The smallest absolute Gasteiger partial charge is 0.414 e. The number of aromatic hydroxyl groups is 1. The average Bonchev–Trinajstić information content (AvgIpc) is 2.89. The Labute approximate surface area is 137 Å². The number of nitrogens with zero attached hydrogens (tertiary/aromatic N) is 2. The van der Waals surface area contributed by atoms with Gasteiger partial charge < -0.3 is 23.9 Å². The number of rotatable bonds is 2. The molecule has 1 N–H and O–H groups in total. The molecule has 1 amide bonds. The Morgan fingerprint density at radius 2 is 1.92 bits per heavy atom. The maximum atomic E-state index is 12.2. The van der Waals surface area contributed by atoms with Gasteiger partial charge in [0.2, 0.25) is 0 Å². The second kappa shape index (κ2) is 5.77. The molecule has 0 saturated heterocycles. The largest absolute Gasteiger partial charge is 0.507 e. The zero-order valence-electron chi connectivity index (χ0n) is 13.4. The summed E-state index contributed by atoms with van der Waals surface area (Å²) in [5, 5.41) is 10.7. The minimum Gasteiger partial charge on any atom is -0.507 e. The first-order chi connectivity index (χ1) is 11.4. The number of aromatic nitrogens is 1. The van der Waals surface area contributed by atoms with E-state index in [2.05, 4.69) is 0 Å². The summed E-state index contributed by atoms with van der Waals surface area (Å²) in [6.07, 6.45) is 1.18. The summed E-state index contributed by atoms with van der Waals surface area (Å²) >= 11 is 0. The molecule has 0 spiro atoms. The monoisotopic (exact) mass is 328 g/mol. The molecular formula is C17H16N2O5. The molecule has 7 heteroatoms. The van der Waals surface area contributed by atoms with Gasteiger partial charge in [0.25, 0.3) is 0 Å². The van der Waals surface area contributed by atoms with E-state index in [1.807, 2.05) is 0 Å². The first-order valence-corrected chi connectivity index (χ1v) is 7.17. The molecule has 0 aliphatic rings. The highest BCUT2D eigenvalue weighted by atomic mass is 16.6. The highest BCUT2D eigenvalue weighted by Gasteiger charge is 2.22. The fraction of sp³-hybridized carbons (Fsp3) is 0.176. The van der Waals surface area contributed by atoms with Crippen molar-refractivity contribution in [2.45, 2.75) is 0 Å². The van der Waals surface area contributed by atoms with Gasteiger partial charge in [-0.1, -0.05) is 6.07 Å². The van der Waals surface area contributed by atoms with E-state index in [9.17, 15) is 14.7 Å². The summed E-state index contributed by atoms with van der Waals surface area (Å²) in [7, 11) is 4.40. The summed E-state index contributed by atoms with van der Waals surface area (Å²) in [4.78, 5) is 25.2. The molecule has 1 aromatic carbocycles. The van der Waals surface area contributed by atoms with Crippen molar-refractivity contribution < 1.29 is 24.2 Å². The number of benzene rings is 1. The minimum atomic E-state index is -0.567. The lowest BCUT2D eigenvalue weighted by Gasteiger charge is -2.11. The average molecular weight is 328 g/mol. The molecule has 0 aliphatic heterocycles. The van der Waals surface area contributed by atoms with Gasteiger partial charge in [-0.25, -0.2) is 9.59 Å². The fourth-order valence-electron chi connectivity index (χ4n) is 2.58. The van der Waals surface area contributed by atoms with E-state index in [0.29, 0.717) is 16.4 Å². The van der Waals surface area contributed by atoms with Crippen LogP contribution in [-0.4, -0.2) is 47.7 Å². The molecular weight excluding hydrogens is 312 g/mol. The topological polar surface area (TPSA) is 80.5 Å². The van der Waals surface area contributed by atoms with Gasteiger partial charge in [0.05, 0.1) is 29.1 Å². The van der Waals surface area contributed by atoms with E-state index in [4.69, 9.17) is 9.47 Å². The Bertz CT molecular complexity index is 958. The lowest BCUT2D eigenvalue weighted by molar-refractivity contribution is 0.0605. The van der Waals surface area contributed by atoms with Crippen LogP contribution in [0.1, 0.15) is 10.4 Å². The van der Waals surface area contributed by atoms with Gasteiger partial charge >= 0.3 is 12.1 Å². The van der Waals surface area contributed by atoms with Crippen molar-refractivity contribution in [1.82, 2.24) is 9.30 Å². The quantitative estimate of drug-likeness (QED) is 0.732. The van der Waals surface area contributed by atoms with Crippen molar-refractivity contribution in [2.75, 3.05) is 21.2 Å². The van der Waals surface area contributed by atoms with E-state index in [1.54, 1.807) is 49.0 Å². The Hall–Kier alpha value is -3.22. The summed E-state index contributed by atoms with van der Waals surface area (Å²) < 4.78 is 11.8. The van der Waals surface area contributed by atoms with Crippen molar-refractivity contribution >= 4 is 28.5 Å². The van der Waals surface area contributed by atoms with Crippen LogP contribution in [0.15, 0.2) is 36.5 Å². The summed E-state index contributed by atoms with van der Waals surface area (Å²) in [5.74, 6) is -0.543. The van der Waals surface area contributed by atoms with Gasteiger partial charge in [0, 0.05) is 32.4 Å². The van der Waals surface area contributed by atoms with Gasteiger partial charge in [-0.3, -0.25) is 0 Å². The molecule has 124 valence electrons. The number of phenols is 1. The number of carbonyl (C=O) groups is 2. The molecule has 24 heavy (non-hydrogen) atoms. The molecule has 3 aromatic rings. The predicted molar refractivity (Wildman–Crippen MR) is 87.6 cm³/mol. The number of methoxy groups -OCH3 is 1. The third-order valence-electron chi connectivity index (χ3n) is 3.66. The number of ether oxygens (including phenoxy) is 2. The number of pyridine rings is 1. The van der Waals surface area contributed by atoms with Crippen molar-refractivity contribution in [3.8, 4) is 11.5 Å². The van der Waals surface area contributed by atoms with Crippen LogP contribution in [0.25, 0.3) is 16.4 Å². The molecule has 7 nitrogen and oxygen atoms in total. The predicted octanol–water partition coefficient (Wildman–Crippen LogP) is 2.65. The Balaban J connectivity index is 2.30. The van der Waals surface area contributed by atoms with Crippen LogP contribution in [0.2, 0.25) is 0 Å². The van der Waals surface area contributed by atoms with Gasteiger partial charge in [-0.15, -0.1) is 0 Å². The number of phenolic OH excluding ortho intramolecular Hbond substituents is 1. The van der Waals surface area contributed by atoms with Crippen molar-refractivity contribution in [2.24, 2.45) is 0 Å². The third-order valence-corrected chi connectivity index (χ3v) is 3.66. The maximum absolute atomic E-state index is 12.2. The molecule has 0 aliphatic carbocycles. The molecule has 0 bridgehead atoms. The fourth-order valence-corrected chi connectivity index (χ4v) is 2.58. The van der Waals surface area contributed by atoms with Crippen LogP contribution in [-0.2, 0) is 4.74 Å². The number of amides is 1. The van der Waals surface area contributed by atoms with Crippen molar-refractivity contribution in [3.05, 3.63) is 42.1 Å². The highest BCUT2D eigenvalue weighted by molar-refractivity contribution is 6.14. The standard InChI is InChI=1S/C17H16N2O5/c1-18(2)17(22)24-10-8-12-14(13(20)9-10)15(16(21)23-3)11-6-4-5-7-19(11)12/h4-9,20H,1-3H3. The number of hydrogen-bond acceptors (Lipinski definition) is 5. The zero-order valence-corrected chi connectivity index (χ0v) is 13.4. The Kier molecular flexibility index (Phi) is 3.76. The molecule has 3 rings (SSSR count). The normalized spacial score (nSPS) is 10.8. The second-order valence-electron chi connectivity index (χ2n) is 5.42. The van der Waals surface area contributed by atoms with E-state index < -0.39 is 12.1 Å². The highest BCUT2D eigenvalue weighted by Crippen LogP contribution is 2.37. The number of hydrogen-bond donors (Lipinski definition) is 1. The van der Waals surface area contributed by atoms with Crippen LogP contribution in [0, 0.1) is 0 Å². The number of esters is 1. The molecule has 0 radical (unpaired) electrons. The van der Waals surface area contributed by atoms with Gasteiger partial charge in [-0.05, 0) is 12.1 Å². The second-order valence-corrected chi connectivity index (χ2v) is 5.42. The first-order valence-electron chi connectivity index (χ1n) is 7.17. The first kappa shape index (κ1) is 15.7. The van der Waals surface area contributed by atoms with Crippen molar-refractivity contribution in [1.29, 1.82) is 0 Å². The minimum absolute atomic E-state index is 0.168. The maximum Gasteiger partial charge on any atom is 0.414 e. The van der Waals surface area contributed by atoms with Crippen LogP contribution in [0.3, 0.4) is 0 Å². The summed E-state index contributed by atoms with van der Waals surface area (Å²) in [5.41, 5.74) is 1.38. The number of carbonyl (C=O) groups excluding carboxylic acids is 2. The number of fused-ring (bicyclic) bond motifs is 3. The SMILES string of the molecule is COC(=O)c1c2c(O)cc(OC(=O)N(C)C)cc2n2ccccc12. The van der Waals surface area contributed by atoms with E-state index >= 15 is 0 Å². The molecule has 2 heterocycles. The molecule has 0 fully saturated rings. The van der Waals surface area contributed by atoms with Crippen LogP contribution >= 0.6 is 0 Å². The van der Waals surface area contributed by atoms with Gasteiger partial charge in [0.15, 0.2) is 0 Å². The van der Waals surface area contributed by atoms with Crippen LogP contribution in [0.5, 0.6) is 11.5 Å².